The van der Waals surface area contributed by atoms with Crippen LogP contribution in [0.1, 0.15) is 15.9 Å². The van der Waals surface area contributed by atoms with Crippen LogP contribution in [0.2, 0.25) is 10.0 Å². The van der Waals surface area contributed by atoms with Crippen molar-refractivity contribution >= 4 is 34.7 Å². The molecule has 18 heavy (non-hydrogen) atoms. The molecule has 0 heterocycles. The highest BCUT2D eigenvalue weighted by Gasteiger charge is 2.18. The monoisotopic (exact) mass is 283 g/mol. The summed E-state index contributed by atoms with van der Waals surface area (Å²) < 4.78 is 13.6. The van der Waals surface area contributed by atoms with Gasteiger partial charge in [-0.3, -0.25) is 4.79 Å². The molecule has 0 spiro atoms. The van der Waals surface area contributed by atoms with Crippen molar-refractivity contribution in [1.29, 1.82) is 0 Å². The molecule has 0 atom stereocenters. The first-order valence-electron chi connectivity index (χ1n) is 5.04. The average molecular weight is 284 g/mol. The number of ketones is 1. The molecule has 0 radical (unpaired) electrons. The van der Waals surface area contributed by atoms with Crippen LogP contribution in [0.3, 0.4) is 0 Å². The van der Waals surface area contributed by atoms with E-state index >= 15 is 0 Å². The third-order valence-electron chi connectivity index (χ3n) is 2.37. The van der Waals surface area contributed by atoms with E-state index in [-0.39, 0.29) is 16.1 Å². The van der Waals surface area contributed by atoms with Crippen molar-refractivity contribution in [3.63, 3.8) is 0 Å². The lowest BCUT2D eigenvalue weighted by Gasteiger charge is -2.06. The quantitative estimate of drug-likeness (QED) is 0.670. The summed E-state index contributed by atoms with van der Waals surface area (Å²) in [6.07, 6.45) is 0. The van der Waals surface area contributed by atoms with Crippen LogP contribution in [0, 0.1) is 5.82 Å². The molecular weight excluding hydrogens is 276 g/mol. The zero-order valence-corrected chi connectivity index (χ0v) is 10.6. The molecule has 2 aromatic carbocycles. The molecule has 2 N–H and O–H groups in total. The lowest BCUT2D eigenvalue weighted by Crippen LogP contribution is -2.06. The van der Waals surface area contributed by atoms with E-state index in [1.165, 1.54) is 36.4 Å². The molecule has 2 nitrogen and oxygen atoms in total. The van der Waals surface area contributed by atoms with Crippen LogP contribution >= 0.6 is 23.2 Å². The maximum absolute atomic E-state index is 13.6. The molecule has 2 aromatic rings. The van der Waals surface area contributed by atoms with Gasteiger partial charge in [0.05, 0.1) is 10.6 Å². The smallest absolute Gasteiger partial charge is 0.197 e. The summed E-state index contributed by atoms with van der Waals surface area (Å²) in [5, 5.41) is 0.365. The van der Waals surface area contributed by atoms with Gasteiger partial charge in [-0.15, -0.1) is 0 Å². The fraction of sp³-hybridized carbons (Fsp3) is 0. The van der Waals surface area contributed by atoms with Crippen LogP contribution in [0.5, 0.6) is 0 Å². The average Bonchev–Trinajstić information content (AvgIpc) is 2.27. The van der Waals surface area contributed by atoms with E-state index in [9.17, 15) is 9.18 Å². The summed E-state index contributed by atoms with van der Waals surface area (Å²) in [4.78, 5) is 12.2. The number of hydrogen-bond donors (Lipinski definition) is 1. The summed E-state index contributed by atoms with van der Waals surface area (Å²) in [5.74, 6) is -1.22. The highest BCUT2D eigenvalue weighted by atomic mass is 35.5. The Labute approximate surface area is 113 Å². The number of halogens is 3. The van der Waals surface area contributed by atoms with Crippen molar-refractivity contribution in [2.24, 2.45) is 0 Å². The van der Waals surface area contributed by atoms with Gasteiger partial charge in [0.25, 0.3) is 0 Å². The number of hydrogen-bond acceptors (Lipinski definition) is 2. The number of nitrogens with two attached hydrogens (primary N) is 1. The molecule has 0 aliphatic carbocycles. The highest BCUT2D eigenvalue weighted by Crippen LogP contribution is 2.25. The van der Waals surface area contributed by atoms with E-state index in [2.05, 4.69) is 0 Å². The Balaban J connectivity index is 2.55. The van der Waals surface area contributed by atoms with E-state index in [0.717, 1.165) is 0 Å². The van der Waals surface area contributed by atoms with Gasteiger partial charge in [0.2, 0.25) is 0 Å². The molecular formula is C13H8Cl2FNO. The lowest BCUT2D eigenvalue weighted by molar-refractivity contribution is 0.103. The summed E-state index contributed by atoms with van der Waals surface area (Å²) in [7, 11) is 0. The van der Waals surface area contributed by atoms with E-state index in [0.29, 0.717) is 10.7 Å². The van der Waals surface area contributed by atoms with Crippen LogP contribution in [-0.4, -0.2) is 5.78 Å². The Morgan fingerprint density at radius 2 is 1.89 bits per heavy atom. The van der Waals surface area contributed by atoms with E-state index < -0.39 is 11.6 Å². The number of carbonyl (C=O) groups excluding carboxylic acids is 1. The van der Waals surface area contributed by atoms with E-state index in [1.54, 1.807) is 0 Å². The fourth-order valence-corrected chi connectivity index (χ4v) is 2.09. The Kier molecular flexibility index (Phi) is 3.55. The van der Waals surface area contributed by atoms with Crippen molar-refractivity contribution in [3.8, 4) is 0 Å². The van der Waals surface area contributed by atoms with Crippen LogP contribution in [0.15, 0.2) is 36.4 Å². The van der Waals surface area contributed by atoms with Gasteiger partial charge >= 0.3 is 0 Å². The number of anilines is 1. The minimum atomic E-state index is -0.675. The molecule has 0 aliphatic heterocycles. The second-order valence-electron chi connectivity index (χ2n) is 3.70. The third-order valence-corrected chi connectivity index (χ3v) is 2.91. The first-order chi connectivity index (χ1) is 8.49. The second-order valence-corrected chi connectivity index (χ2v) is 4.54. The largest absolute Gasteiger partial charge is 0.399 e. The van der Waals surface area contributed by atoms with Crippen LogP contribution in [-0.2, 0) is 0 Å². The van der Waals surface area contributed by atoms with Gasteiger partial charge in [0, 0.05) is 16.3 Å². The minimum absolute atomic E-state index is 0.0542. The summed E-state index contributed by atoms with van der Waals surface area (Å²) in [6, 6.07) is 8.40. The zero-order valence-electron chi connectivity index (χ0n) is 9.08. The number of rotatable bonds is 2. The molecule has 2 rings (SSSR count). The predicted octanol–water partition coefficient (Wildman–Crippen LogP) is 3.95. The Morgan fingerprint density at radius 3 is 2.50 bits per heavy atom. The molecule has 5 heteroatoms. The topological polar surface area (TPSA) is 43.1 Å². The Morgan fingerprint density at radius 1 is 1.17 bits per heavy atom. The van der Waals surface area contributed by atoms with Gasteiger partial charge < -0.3 is 5.73 Å². The van der Waals surface area contributed by atoms with Crippen LogP contribution < -0.4 is 5.73 Å². The van der Waals surface area contributed by atoms with Crippen LogP contribution in [0.25, 0.3) is 0 Å². The van der Waals surface area contributed by atoms with Crippen molar-refractivity contribution in [2.75, 3.05) is 5.73 Å². The van der Waals surface area contributed by atoms with Crippen molar-refractivity contribution in [3.05, 3.63) is 63.4 Å². The molecule has 92 valence electrons. The van der Waals surface area contributed by atoms with Crippen molar-refractivity contribution in [2.45, 2.75) is 0 Å². The summed E-state index contributed by atoms with van der Waals surface area (Å²) in [6.45, 7) is 0. The van der Waals surface area contributed by atoms with Gasteiger partial charge in [-0.05, 0) is 30.3 Å². The number of nitrogen functional groups attached to an aromatic ring is 1. The summed E-state index contributed by atoms with van der Waals surface area (Å²) >= 11 is 11.6. The first-order valence-corrected chi connectivity index (χ1v) is 5.79. The normalized spacial score (nSPS) is 10.4. The number of carbonyl (C=O) groups is 1. The molecule has 0 bridgehead atoms. The van der Waals surface area contributed by atoms with Crippen molar-refractivity contribution < 1.29 is 9.18 Å². The first kappa shape index (κ1) is 12.9. The maximum atomic E-state index is 13.6. The lowest BCUT2D eigenvalue weighted by atomic mass is 10.0. The van der Waals surface area contributed by atoms with Crippen molar-refractivity contribution in [1.82, 2.24) is 0 Å². The molecule has 0 unspecified atom stereocenters. The van der Waals surface area contributed by atoms with E-state index in [4.69, 9.17) is 28.9 Å². The molecule has 0 aliphatic rings. The fourth-order valence-electron chi connectivity index (χ4n) is 1.60. The third kappa shape index (κ3) is 2.47. The zero-order chi connectivity index (χ0) is 13.3. The van der Waals surface area contributed by atoms with E-state index in [1.807, 2.05) is 0 Å². The predicted molar refractivity (Wildman–Crippen MR) is 70.7 cm³/mol. The van der Waals surface area contributed by atoms with Crippen LogP contribution in [0.4, 0.5) is 10.1 Å². The van der Waals surface area contributed by atoms with Gasteiger partial charge in [-0.1, -0.05) is 29.3 Å². The Bertz CT molecular complexity index is 588. The molecule has 0 fully saturated rings. The van der Waals surface area contributed by atoms with Gasteiger partial charge in [0.15, 0.2) is 5.78 Å². The summed E-state index contributed by atoms with van der Waals surface area (Å²) in [5.41, 5.74) is 5.94. The van der Waals surface area contributed by atoms with Gasteiger partial charge in [-0.25, -0.2) is 4.39 Å². The molecule has 0 amide bonds. The maximum Gasteiger partial charge on any atom is 0.197 e. The molecule has 0 saturated carbocycles. The van der Waals surface area contributed by atoms with Gasteiger partial charge in [0.1, 0.15) is 5.82 Å². The highest BCUT2D eigenvalue weighted by molar-refractivity contribution is 6.35. The number of benzene rings is 2. The minimum Gasteiger partial charge on any atom is -0.399 e. The molecule has 0 aromatic heterocycles. The molecule has 0 saturated heterocycles. The standard InChI is InChI=1S/C13H8Cl2FNO/c14-8-4-7(5-9(17)6-8)13(18)12-10(15)2-1-3-11(12)16/h1-6H,17H2. The second kappa shape index (κ2) is 4.96. The Hall–Kier alpha value is -1.58. The van der Waals surface area contributed by atoms with Gasteiger partial charge in [-0.2, -0.15) is 0 Å². The SMILES string of the molecule is Nc1cc(Cl)cc(C(=O)c2c(F)cccc2Cl)c1.